The molecule has 0 radical (unpaired) electrons. The standard InChI is InChI=1S/C19H20N6O2/c1-12(25-19(27)15-6-5-14(20-2)10-22-15)9-24-18(26)16-8-13-4-3-7-21-17(13)11-23-16/h3-8,10-12,20H,9H2,1-2H3,(H,24,26)(H,25,27)/t12-/m0/s1. The van der Waals surface area contributed by atoms with Gasteiger partial charge >= 0.3 is 0 Å². The number of hydrogen-bond acceptors (Lipinski definition) is 6. The van der Waals surface area contributed by atoms with Gasteiger partial charge in [-0.15, -0.1) is 0 Å². The van der Waals surface area contributed by atoms with E-state index < -0.39 is 0 Å². The van der Waals surface area contributed by atoms with E-state index >= 15 is 0 Å². The Morgan fingerprint density at radius 3 is 2.59 bits per heavy atom. The molecule has 3 aromatic rings. The van der Waals surface area contributed by atoms with E-state index in [1.807, 2.05) is 6.07 Å². The summed E-state index contributed by atoms with van der Waals surface area (Å²) in [4.78, 5) is 36.9. The zero-order valence-corrected chi connectivity index (χ0v) is 15.1. The van der Waals surface area contributed by atoms with Gasteiger partial charge in [-0.25, -0.2) is 9.97 Å². The average molecular weight is 364 g/mol. The van der Waals surface area contributed by atoms with Crippen molar-refractivity contribution >= 4 is 28.4 Å². The minimum absolute atomic E-state index is 0.269. The topological polar surface area (TPSA) is 109 Å². The van der Waals surface area contributed by atoms with Crippen molar-refractivity contribution in [2.75, 3.05) is 18.9 Å². The number of carbonyl (C=O) groups is 2. The first kappa shape index (κ1) is 18.2. The third kappa shape index (κ3) is 4.55. The van der Waals surface area contributed by atoms with Crippen molar-refractivity contribution in [1.29, 1.82) is 0 Å². The maximum Gasteiger partial charge on any atom is 0.270 e. The van der Waals surface area contributed by atoms with Crippen LogP contribution in [0.3, 0.4) is 0 Å². The Labute approximate surface area is 156 Å². The van der Waals surface area contributed by atoms with Crippen LogP contribution in [0.1, 0.15) is 27.9 Å². The molecule has 0 aliphatic carbocycles. The van der Waals surface area contributed by atoms with Crippen LogP contribution >= 0.6 is 0 Å². The van der Waals surface area contributed by atoms with Crippen LogP contribution in [0.15, 0.2) is 48.9 Å². The minimum atomic E-state index is -0.307. The second kappa shape index (κ2) is 8.22. The zero-order valence-electron chi connectivity index (χ0n) is 15.1. The number of carbonyl (C=O) groups excluding carboxylic acids is 2. The van der Waals surface area contributed by atoms with Crippen LogP contribution in [0.2, 0.25) is 0 Å². The molecule has 8 heteroatoms. The van der Waals surface area contributed by atoms with Crippen molar-refractivity contribution in [2.24, 2.45) is 0 Å². The highest BCUT2D eigenvalue weighted by Gasteiger charge is 2.13. The molecule has 27 heavy (non-hydrogen) atoms. The molecular formula is C19H20N6O2. The maximum absolute atomic E-state index is 12.3. The summed E-state index contributed by atoms with van der Waals surface area (Å²) < 4.78 is 0. The van der Waals surface area contributed by atoms with E-state index in [-0.39, 0.29) is 24.4 Å². The number of nitrogens with zero attached hydrogens (tertiary/aromatic N) is 3. The van der Waals surface area contributed by atoms with Crippen LogP contribution in [0.5, 0.6) is 0 Å². The van der Waals surface area contributed by atoms with Gasteiger partial charge in [-0.05, 0) is 31.2 Å². The Kier molecular flexibility index (Phi) is 5.55. The normalized spacial score (nSPS) is 11.6. The molecule has 0 aliphatic heterocycles. The van der Waals surface area contributed by atoms with E-state index in [2.05, 4.69) is 30.9 Å². The van der Waals surface area contributed by atoms with Crippen LogP contribution < -0.4 is 16.0 Å². The average Bonchev–Trinajstić information content (AvgIpc) is 2.71. The lowest BCUT2D eigenvalue weighted by atomic mass is 10.2. The van der Waals surface area contributed by atoms with Gasteiger partial charge in [0.05, 0.1) is 23.6 Å². The lowest BCUT2D eigenvalue weighted by Gasteiger charge is -2.14. The van der Waals surface area contributed by atoms with Crippen LogP contribution in [-0.4, -0.2) is 46.4 Å². The summed E-state index contributed by atoms with van der Waals surface area (Å²) in [5, 5.41) is 9.36. The van der Waals surface area contributed by atoms with Gasteiger partial charge in [0.2, 0.25) is 0 Å². The summed E-state index contributed by atoms with van der Waals surface area (Å²) in [6.45, 7) is 2.07. The molecule has 3 rings (SSSR count). The second-order valence-electron chi connectivity index (χ2n) is 6.03. The van der Waals surface area contributed by atoms with Crippen LogP contribution in [0.25, 0.3) is 10.9 Å². The van der Waals surface area contributed by atoms with Gasteiger partial charge in [0.1, 0.15) is 11.4 Å². The van der Waals surface area contributed by atoms with Gasteiger partial charge in [-0.2, -0.15) is 0 Å². The van der Waals surface area contributed by atoms with Crippen molar-refractivity contribution in [1.82, 2.24) is 25.6 Å². The molecule has 3 aromatic heterocycles. The third-order valence-corrected chi connectivity index (χ3v) is 3.95. The fourth-order valence-electron chi connectivity index (χ4n) is 2.46. The Bertz CT molecular complexity index is 958. The number of nitrogens with one attached hydrogen (secondary N) is 3. The van der Waals surface area contributed by atoms with E-state index in [1.165, 1.54) is 0 Å². The Balaban J connectivity index is 1.54. The summed E-state index contributed by atoms with van der Waals surface area (Å²) in [6, 6.07) is 8.51. The molecule has 2 amide bonds. The van der Waals surface area contributed by atoms with Crippen molar-refractivity contribution in [3.05, 3.63) is 60.3 Å². The summed E-state index contributed by atoms with van der Waals surface area (Å²) in [5.41, 5.74) is 2.17. The molecule has 3 N–H and O–H groups in total. The Morgan fingerprint density at radius 1 is 1.04 bits per heavy atom. The number of pyridine rings is 3. The highest BCUT2D eigenvalue weighted by molar-refractivity contribution is 5.96. The number of fused-ring (bicyclic) bond motifs is 1. The lowest BCUT2D eigenvalue weighted by molar-refractivity contribution is 0.0907. The van der Waals surface area contributed by atoms with Gasteiger partial charge < -0.3 is 16.0 Å². The number of anilines is 1. The summed E-state index contributed by atoms with van der Waals surface area (Å²) in [5.74, 6) is -0.604. The lowest BCUT2D eigenvalue weighted by Crippen LogP contribution is -2.42. The monoisotopic (exact) mass is 364 g/mol. The smallest absolute Gasteiger partial charge is 0.270 e. The maximum atomic E-state index is 12.3. The minimum Gasteiger partial charge on any atom is -0.387 e. The van der Waals surface area contributed by atoms with Gasteiger partial charge in [-0.1, -0.05) is 6.07 Å². The first-order chi connectivity index (χ1) is 13.1. The molecule has 0 spiro atoms. The van der Waals surface area contributed by atoms with E-state index in [9.17, 15) is 9.59 Å². The number of amides is 2. The van der Waals surface area contributed by atoms with Gasteiger partial charge in [-0.3, -0.25) is 14.6 Å². The number of rotatable bonds is 6. The van der Waals surface area contributed by atoms with Crippen molar-refractivity contribution in [3.8, 4) is 0 Å². The van der Waals surface area contributed by atoms with Crippen LogP contribution in [-0.2, 0) is 0 Å². The first-order valence-electron chi connectivity index (χ1n) is 8.50. The van der Waals surface area contributed by atoms with Gasteiger partial charge in [0.25, 0.3) is 11.8 Å². The predicted molar refractivity (Wildman–Crippen MR) is 103 cm³/mol. The van der Waals surface area contributed by atoms with Crippen molar-refractivity contribution in [3.63, 3.8) is 0 Å². The van der Waals surface area contributed by atoms with E-state index in [0.717, 1.165) is 16.6 Å². The molecule has 0 unspecified atom stereocenters. The van der Waals surface area contributed by atoms with Crippen LogP contribution in [0, 0.1) is 0 Å². The van der Waals surface area contributed by atoms with E-state index in [1.54, 1.807) is 56.8 Å². The molecule has 0 saturated carbocycles. The molecule has 8 nitrogen and oxygen atoms in total. The predicted octanol–water partition coefficient (Wildman–Crippen LogP) is 1.61. The Hall–Kier alpha value is -3.55. The SMILES string of the molecule is CNc1ccc(C(=O)N[C@@H](C)CNC(=O)c2cc3cccnc3cn2)nc1. The molecule has 0 aliphatic rings. The number of aromatic nitrogens is 3. The Morgan fingerprint density at radius 2 is 1.85 bits per heavy atom. The summed E-state index contributed by atoms with van der Waals surface area (Å²) in [7, 11) is 1.78. The molecular weight excluding hydrogens is 344 g/mol. The summed E-state index contributed by atoms with van der Waals surface area (Å²) >= 11 is 0. The molecule has 0 saturated heterocycles. The zero-order chi connectivity index (χ0) is 19.2. The highest BCUT2D eigenvalue weighted by atomic mass is 16.2. The van der Waals surface area contributed by atoms with Crippen molar-refractivity contribution < 1.29 is 9.59 Å². The second-order valence-corrected chi connectivity index (χ2v) is 6.03. The van der Waals surface area contributed by atoms with Crippen molar-refractivity contribution in [2.45, 2.75) is 13.0 Å². The third-order valence-electron chi connectivity index (χ3n) is 3.95. The molecule has 1 atom stereocenters. The van der Waals surface area contributed by atoms with Crippen LogP contribution in [0.4, 0.5) is 5.69 Å². The summed E-state index contributed by atoms with van der Waals surface area (Å²) in [6.07, 6.45) is 4.83. The van der Waals surface area contributed by atoms with Gasteiger partial charge in [0, 0.05) is 31.2 Å². The highest BCUT2D eigenvalue weighted by Crippen LogP contribution is 2.10. The first-order valence-corrected chi connectivity index (χ1v) is 8.50. The van der Waals surface area contributed by atoms with Gasteiger partial charge in [0.15, 0.2) is 0 Å². The van der Waals surface area contributed by atoms with E-state index in [0.29, 0.717) is 11.4 Å². The quantitative estimate of drug-likeness (QED) is 0.613. The molecule has 0 bridgehead atoms. The molecule has 0 fully saturated rings. The largest absolute Gasteiger partial charge is 0.387 e. The van der Waals surface area contributed by atoms with E-state index in [4.69, 9.17) is 0 Å². The fourth-order valence-corrected chi connectivity index (χ4v) is 2.46. The molecule has 138 valence electrons. The fraction of sp³-hybridized carbons (Fsp3) is 0.211. The molecule has 3 heterocycles. The molecule has 0 aromatic carbocycles. The number of hydrogen-bond donors (Lipinski definition) is 3.